The van der Waals surface area contributed by atoms with Gasteiger partial charge in [-0.2, -0.15) is 5.10 Å². The number of amides is 2. The number of rotatable bonds is 3. The molecule has 2 heterocycles. The summed E-state index contributed by atoms with van der Waals surface area (Å²) in [5, 5.41) is 7.82. The van der Waals surface area contributed by atoms with Gasteiger partial charge >= 0.3 is 0 Å². The largest absolute Gasteiger partial charge is 0.351 e. The third-order valence-electron chi connectivity index (χ3n) is 6.42. The molecule has 31 heavy (non-hydrogen) atoms. The topological polar surface area (TPSA) is 67.2 Å². The summed E-state index contributed by atoms with van der Waals surface area (Å²) < 4.78 is 15.7. The molecule has 0 spiro atoms. The van der Waals surface area contributed by atoms with Gasteiger partial charge in [-0.25, -0.2) is 4.39 Å². The van der Waals surface area contributed by atoms with Crippen LogP contribution in [0.3, 0.4) is 0 Å². The predicted octanol–water partition coefficient (Wildman–Crippen LogP) is 4.19. The average Bonchev–Trinajstić information content (AvgIpc) is 3.13. The number of hydrogen-bond donors (Lipinski definition) is 1. The van der Waals surface area contributed by atoms with Crippen molar-refractivity contribution in [2.45, 2.75) is 83.3 Å². The Hall–Kier alpha value is -2.70. The van der Waals surface area contributed by atoms with Crippen LogP contribution in [0.25, 0.3) is 0 Å². The van der Waals surface area contributed by atoms with Crippen molar-refractivity contribution in [2.75, 3.05) is 4.90 Å². The van der Waals surface area contributed by atoms with E-state index in [1.165, 1.54) is 23.5 Å². The van der Waals surface area contributed by atoms with E-state index in [4.69, 9.17) is 0 Å². The van der Waals surface area contributed by atoms with Crippen LogP contribution in [0.5, 0.6) is 0 Å². The second-order valence-corrected chi connectivity index (χ2v) is 10.0. The maximum absolute atomic E-state index is 14.1. The standard InChI is InChI=1S/C24H31FN4O2/c1-23(2,3)20-14-19-21(30)29(18-12-8-9-16(25)13-18)24(4,15-28(19)27-20)22(31)26-17-10-6-5-7-11-17/h8-9,12-14,17H,5-7,10-11,15H2,1-4H3,(H,26,31)/t24-/m0/s1. The summed E-state index contributed by atoms with van der Waals surface area (Å²) in [5.74, 6) is -1.02. The summed E-state index contributed by atoms with van der Waals surface area (Å²) in [5.41, 5.74) is 0.103. The van der Waals surface area contributed by atoms with E-state index in [2.05, 4.69) is 10.4 Å². The number of carbonyl (C=O) groups is 2. The summed E-state index contributed by atoms with van der Waals surface area (Å²) in [7, 11) is 0. The van der Waals surface area contributed by atoms with E-state index in [1.807, 2.05) is 20.8 Å². The summed E-state index contributed by atoms with van der Waals surface area (Å²) in [4.78, 5) is 28.7. The number of carbonyl (C=O) groups excluding carboxylic acids is 2. The number of aromatic nitrogens is 2. The lowest BCUT2D eigenvalue weighted by atomic mass is 9.90. The first kappa shape index (κ1) is 21.5. The maximum Gasteiger partial charge on any atom is 0.277 e. The number of halogens is 1. The smallest absolute Gasteiger partial charge is 0.277 e. The minimum absolute atomic E-state index is 0.103. The number of benzene rings is 1. The van der Waals surface area contributed by atoms with Crippen LogP contribution in [-0.4, -0.2) is 33.2 Å². The van der Waals surface area contributed by atoms with Crippen molar-refractivity contribution < 1.29 is 14.0 Å². The molecule has 1 atom stereocenters. The normalized spacial score (nSPS) is 22.4. The van der Waals surface area contributed by atoms with Crippen molar-refractivity contribution in [3.63, 3.8) is 0 Å². The Kier molecular flexibility index (Phi) is 5.40. The van der Waals surface area contributed by atoms with Crippen LogP contribution in [0.15, 0.2) is 30.3 Å². The summed E-state index contributed by atoms with van der Waals surface area (Å²) >= 11 is 0. The van der Waals surface area contributed by atoms with Gasteiger partial charge in [0.2, 0.25) is 5.91 Å². The Morgan fingerprint density at radius 3 is 2.55 bits per heavy atom. The summed E-state index contributed by atoms with van der Waals surface area (Å²) in [6.07, 6.45) is 5.25. The number of nitrogens with zero attached hydrogens (tertiary/aromatic N) is 3. The van der Waals surface area contributed by atoms with E-state index in [-0.39, 0.29) is 29.8 Å². The highest BCUT2D eigenvalue weighted by atomic mass is 19.1. The molecule has 2 aromatic rings. The highest BCUT2D eigenvalue weighted by Gasteiger charge is 2.49. The molecular weight excluding hydrogens is 395 g/mol. The second-order valence-electron chi connectivity index (χ2n) is 10.0. The Balaban J connectivity index is 1.77. The molecule has 166 valence electrons. The van der Waals surface area contributed by atoms with Crippen molar-refractivity contribution in [2.24, 2.45) is 0 Å². The third kappa shape index (κ3) is 3.98. The van der Waals surface area contributed by atoms with E-state index in [0.29, 0.717) is 11.4 Å². The number of nitrogens with one attached hydrogen (secondary N) is 1. The van der Waals surface area contributed by atoms with Gasteiger partial charge < -0.3 is 5.32 Å². The molecule has 1 aromatic heterocycles. The molecule has 1 fully saturated rings. The van der Waals surface area contributed by atoms with E-state index >= 15 is 0 Å². The molecule has 6 nitrogen and oxygen atoms in total. The number of hydrogen-bond acceptors (Lipinski definition) is 3. The van der Waals surface area contributed by atoms with Gasteiger partial charge in [0.1, 0.15) is 17.1 Å². The molecule has 2 amide bonds. The Bertz CT molecular complexity index is 1000. The molecule has 1 saturated carbocycles. The molecule has 0 unspecified atom stereocenters. The molecule has 0 radical (unpaired) electrons. The number of fused-ring (bicyclic) bond motifs is 1. The van der Waals surface area contributed by atoms with Crippen molar-refractivity contribution in [1.29, 1.82) is 0 Å². The fraction of sp³-hybridized carbons (Fsp3) is 0.542. The average molecular weight is 427 g/mol. The first-order valence-electron chi connectivity index (χ1n) is 11.1. The first-order chi connectivity index (χ1) is 14.6. The fourth-order valence-corrected chi connectivity index (χ4v) is 4.56. The van der Waals surface area contributed by atoms with Gasteiger partial charge in [-0.1, -0.05) is 46.1 Å². The van der Waals surface area contributed by atoms with Crippen LogP contribution in [0.4, 0.5) is 10.1 Å². The second kappa shape index (κ2) is 7.77. The minimum Gasteiger partial charge on any atom is -0.351 e. The quantitative estimate of drug-likeness (QED) is 0.800. The lowest BCUT2D eigenvalue weighted by Gasteiger charge is -2.44. The van der Waals surface area contributed by atoms with E-state index in [0.717, 1.165) is 31.4 Å². The summed E-state index contributed by atoms with van der Waals surface area (Å²) in [6, 6.07) is 7.76. The van der Waals surface area contributed by atoms with Crippen LogP contribution in [0, 0.1) is 5.82 Å². The van der Waals surface area contributed by atoms with Gasteiger partial charge in [-0.15, -0.1) is 0 Å². The molecule has 0 bridgehead atoms. The monoisotopic (exact) mass is 426 g/mol. The van der Waals surface area contributed by atoms with E-state index in [9.17, 15) is 14.0 Å². The molecular formula is C24H31FN4O2. The molecule has 7 heteroatoms. The molecule has 2 aliphatic rings. The molecule has 1 aliphatic heterocycles. The minimum atomic E-state index is -1.23. The maximum atomic E-state index is 14.1. The first-order valence-corrected chi connectivity index (χ1v) is 11.1. The molecule has 1 N–H and O–H groups in total. The molecule has 1 aliphatic carbocycles. The van der Waals surface area contributed by atoms with Gasteiger partial charge in [0.15, 0.2) is 0 Å². The Morgan fingerprint density at radius 1 is 1.19 bits per heavy atom. The van der Waals surface area contributed by atoms with Crippen molar-refractivity contribution in [3.05, 3.63) is 47.5 Å². The van der Waals surface area contributed by atoms with E-state index in [1.54, 1.807) is 29.8 Å². The zero-order chi connectivity index (χ0) is 22.4. The fourth-order valence-electron chi connectivity index (χ4n) is 4.56. The van der Waals surface area contributed by atoms with Crippen LogP contribution in [-0.2, 0) is 16.8 Å². The Morgan fingerprint density at radius 2 is 1.90 bits per heavy atom. The van der Waals surface area contributed by atoms with Crippen molar-refractivity contribution in [3.8, 4) is 0 Å². The van der Waals surface area contributed by atoms with Crippen molar-refractivity contribution >= 4 is 17.5 Å². The Labute approximate surface area is 182 Å². The molecule has 0 saturated heterocycles. The van der Waals surface area contributed by atoms with Crippen molar-refractivity contribution in [1.82, 2.24) is 15.1 Å². The zero-order valence-electron chi connectivity index (χ0n) is 18.7. The van der Waals surface area contributed by atoms with Crippen LogP contribution in [0.1, 0.15) is 76.0 Å². The van der Waals surface area contributed by atoms with Crippen LogP contribution in [0.2, 0.25) is 0 Å². The lowest BCUT2D eigenvalue weighted by Crippen LogP contribution is -2.65. The highest BCUT2D eigenvalue weighted by molar-refractivity contribution is 6.11. The molecule has 4 rings (SSSR count). The van der Waals surface area contributed by atoms with Crippen LogP contribution >= 0.6 is 0 Å². The van der Waals surface area contributed by atoms with E-state index < -0.39 is 11.4 Å². The summed E-state index contributed by atoms with van der Waals surface area (Å²) in [6.45, 7) is 8.05. The van der Waals surface area contributed by atoms with Gasteiger partial charge in [0.25, 0.3) is 5.91 Å². The van der Waals surface area contributed by atoms with Gasteiger partial charge in [0, 0.05) is 17.1 Å². The lowest BCUT2D eigenvalue weighted by molar-refractivity contribution is -0.127. The highest BCUT2D eigenvalue weighted by Crippen LogP contribution is 2.35. The van der Waals surface area contributed by atoms with Crippen LogP contribution < -0.4 is 10.2 Å². The third-order valence-corrected chi connectivity index (χ3v) is 6.42. The predicted molar refractivity (Wildman–Crippen MR) is 118 cm³/mol. The van der Waals surface area contributed by atoms with Gasteiger partial charge in [-0.05, 0) is 44.0 Å². The SMILES string of the molecule is CC(C)(C)c1cc2n(n1)C[C@@](C)(C(=O)NC1CCCCC1)N(c1cccc(F)c1)C2=O. The zero-order valence-corrected chi connectivity index (χ0v) is 18.7. The molecule has 1 aromatic carbocycles. The number of anilines is 1. The van der Waals surface area contributed by atoms with Gasteiger partial charge in [-0.3, -0.25) is 19.2 Å². The van der Waals surface area contributed by atoms with Gasteiger partial charge in [0.05, 0.1) is 12.2 Å².